The Balaban J connectivity index is 2.68. The van der Waals surface area contributed by atoms with Crippen LogP contribution in [0.15, 0.2) is 26.0 Å². The molecule has 0 atom stereocenters. The molecule has 1 rings (SSSR count). The fourth-order valence-corrected chi connectivity index (χ4v) is 4.34. The van der Waals surface area contributed by atoms with Crippen LogP contribution >= 0.6 is 31.9 Å². The number of likely N-dealkylation sites (N-methyl/N-ethyl adjacent to an activating group) is 1. The highest BCUT2D eigenvalue weighted by molar-refractivity contribution is 9.11. The van der Waals surface area contributed by atoms with Crippen LogP contribution in [0.1, 0.15) is 5.56 Å². The summed E-state index contributed by atoms with van der Waals surface area (Å²) in [5.74, 6) is 0. The van der Waals surface area contributed by atoms with Gasteiger partial charge in [-0.2, -0.15) is 0 Å². The molecule has 0 fully saturated rings. The van der Waals surface area contributed by atoms with Crippen LogP contribution in [0.3, 0.4) is 0 Å². The van der Waals surface area contributed by atoms with Crippen LogP contribution < -0.4 is 4.72 Å². The van der Waals surface area contributed by atoms with Crippen molar-refractivity contribution in [2.75, 3.05) is 40.4 Å². The summed E-state index contributed by atoms with van der Waals surface area (Å²) in [7, 11) is 0.0333. The molecule has 0 bridgehead atoms. The third-order valence-electron chi connectivity index (χ3n) is 2.97. The van der Waals surface area contributed by atoms with Crippen LogP contribution in [0.5, 0.6) is 0 Å². The minimum Gasteiger partial charge on any atom is -0.383 e. The fourth-order valence-electron chi connectivity index (χ4n) is 1.64. The maximum absolute atomic E-state index is 12.3. The smallest absolute Gasteiger partial charge is 0.241 e. The number of aryl methyl sites for hydroxylation is 1. The highest BCUT2D eigenvalue weighted by Crippen LogP contribution is 2.28. The van der Waals surface area contributed by atoms with E-state index in [0.717, 1.165) is 16.6 Å². The van der Waals surface area contributed by atoms with Crippen LogP contribution in [0.2, 0.25) is 0 Å². The van der Waals surface area contributed by atoms with Crippen molar-refractivity contribution in [3.63, 3.8) is 0 Å². The molecule has 0 spiro atoms. The molecule has 0 aromatic heterocycles. The second-order valence-electron chi connectivity index (χ2n) is 4.73. The van der Waals surface area contributed by atoms with Crippen molar-refractivity contribution in [2.45, 2.75) is 11.8 Å². The summed E-state index contributed by atoms with van der Waals surface area (Å²) in [5, 5.41) is 0. The van der Waals surface area contributed by atoms with E-state index >= 15 is 0 Å². The number of sulfonamides is 1. The normalized spacial score (nSPS) is 12.1. The lowest BCUT2D eigenvalue weighted by Crippen LogP contribution is -2.34. The Morgan fingerprint density at radius 1 is 1.24 bits per heavy atom. The predicted octanol–water partition coefficient (Wildman–Crippen LogP) is 2.38. The second kappa shape index (κ2) is 8.59. The van der Waals surface area contributed by atoms with Crippen LogP contribution in [0.25, 0.3) is 0 Å². The van der Waals surface area contributed by atoms with Gasteiger partial charge in [0.25, 0.3) is 0 Å². The van der Waals surface area contributed by atoms with Crippen LogP contribution in [-0.4, -0.2) is 53.7 Å². The van der Waals surface area contributed by atoms with Gasteiger partial charge in [0.1, 0.15) is 0 Å². The summed E-state index contributed by atoms with van der Waals surface area (Å²) < 4.78 is 33.5. The van der Waals surface area contributed by atoms with Crippen LogP contribution in [-0.2, 0) is 14.8 Å². The minimum absolute atomic E-state index is 0.236. The van der Waals surface area contributed by atoms with E-state index in [2.05, 4.69) is 36.6 Å². The Kier molecular flexibility index (Phi) is 7.80. The number of hydrogen-bond acceptors (Lipinski definition) is 4. The van der Waals surface area contributed by atoms with Gasteiger partial charge >= 0.3 is 0 Å². The average Bonchev–Trinajstić information content (AvgIpc) is 2.40. The third kappa shape index (κ3) is 5.96. The predicted molar refractivity (Wildman–Crippen MR) is 91.1 cm³/mol. The number of halogens is 2. The zero-order valence-electron chi connectivity index (χ0n) is 12.3. The number of nitrogens with one attached hydrogen (secondary N) is 1. The van der Waals surface area contributed by atoms with E-state index in [1.165, 1.54) is 0 Å². The van der Waals surface area contributed by atoms with E-state index < -0.39 is 10.0 Å². The summed E-state index contributed by atoms with van der Waals surface area (Å²) in [6, 6.07) is 3.39. The molecule has 1 aromatic rings. The quantitative estimate of drug-likeness (QED) is 0.670. The number of rotatable bonds is 8. The second-order valence-corrected chi connectivity index (χ2v) is 8.17. The van der Waals surface area contributed by atoms with Gasteiger partial charge in [-0.1, -0.05) is 15.9 Å². The fraction of sp³-hybridized carbons (Fsp3) is 0.538. The standard InChI is InChI=1S/C13H20Br2N2O3S/c1-10-8-12(15)13(9-11(10)14)21(18,19)16-4-5-17(2)6-7-20-3/h8-9,16H,4-7H2,1-3H3. The molecular formula is C13H20Br2N2O3S. The Bertz CT molecular complexity index is 579. The van der Waals surface area contributed by atoms with Crippen LogP contribution in [0, 0.1) is 6.92 Å². The summed E-state index contributed by atoms with van der Waals surface area (Å²) in [6.45, 7) is 4.26. The first-order valence-corrected chi connectivity index (χ1v) is 9.47. The zero-order chi connectivity index (χ0) is 16.0. The molecule has 0 heterocycles. The molecule has 120 valence electrons. The molecule has 0 aliphatic heterocycles. The van der Waals surface area contributed by atoms with Gasteiger partial charge in [-0.05, 0) is 47.6 Å². The first-order chi connectivity index (χ1) is 9.77. The van der Waals surface area contributed by atoms with Gasteiger partial charge in [0, 0.05) is 35.7 Å². The number of hydrogen-bond donors (Lipinski definition) is 1. The molecule has 1 N–H and O–H groups in total. The Hall–Kier alpha value is 0.01000. The molecular weight excluding hydrogens is 424 g/mol. The SMILES string of the molecule is COCCN(C)CCNS(=O)(=O)c1cc(Br)c(C)cc1Br. The lowest BCUT2D eigenvalue weighted by atomic mass is 10.2. The van der Waals surface area contributed by atoms with Crippen molar-refractivity contribution in [2.24, 2.45) is 0 Å². The minimum atomic E-state index is -3.53. The topological polar surface area (TPSA) is 58.6 Å². The van der Waals surface area contributed by atoms with Gasteiger partial charge in [-0.25, -0.2) is 13.1 Å². The van der Waals surface area contributed by atoms with Crippen molar-refractivity contribution < 1.29 is 13.2 Å². The van der Waals surface area contributed by atoms with Gasteiger partial charge in [-0.3, -0.25) is 0 Å². The van der Waals surface area contributed by atoms with Crippen molar-refractivity contribution in [3.05, 3.63) is 26.6 Å². The van der Waals surface area contributed by atoms with E-state index in [1.54, 1.807) is 19.2 Å². The lowest BCUT2D eigenvalue weighted by Gasteiger charge is -2.16. The van der Waals surface area contributed by atoms with E-state index in [1.807, 2.05) is 18.9 Å². The summed E-state index contributed by atoms with van der Waals surface area (Å²) in [5.41, 5.74) is 0.972. The van der Waals surface area contributed by atoms with Crippen molar-refractivity contribution in [1.29, 1.82) is 0 Å². The molecule has 0 amide bonds. The van der Waals surface area contributed by atoms with Crippen molar-refractivity contribution >= 4 is 41.9 Å². The molecule has 0 radical (unpaired) electrons. The largest absolute Gasteiger partial charge is 0.383 e. The summed E-state index contributed by atoms with van der Waals surface area (Å²) >= 11 is 6.66. The molecule has 5 nitrogen and oxygen atoms in total. The summed E-state index contributed by atoms with van der Waals surface area (Å²) in [6.07, 6.45) is 0. The Morgan fingerprint density at radius 3 is 2.52 bits per heavy atom. The van der Waals surface area contributed by atoms with E-state index in [0.29, 0.717) is 24.2 Å². The molecule has 0 unspecified atom stereocenters. The highest BCUT2D eigenvalue weighted by Gasteiger charge is 2.18. The molecule has 0 saturated carbocycles. The van der Waals surface area contributed by atoms with E-state index in [-0.39, 0.29) is 4.90 Å². The maximum atomic E-state index is 12.3. The number of ether oxygens (including phenoxy) is 1. The first kappa shape index (κ1) is 19.1. The van der Waals surface area contributed by atoms with Gasteiger partial charge in [-0.15, -0.1) is 0 Å². The number of methoxy groups -OCH3 is 1. The monoisotopic (exact) mass is 442 g/mol. The molecule has 1 aromatic carbocycles. The van der Waals surface area contributed by atoms with Crippen molar-refractivity contribution in [1.82, 2.24) is 9.62 Å². The molecule has 8 heteroatoms. The average molecular weight is 444 g/mol. The third-order valence-corrected chi connectivity index (χ3v) is 6.24. The van der Waals surface area contributed by atoms with Gasteiger partial charge < -0.3 is 9.64 Å². The summed E-state index contributed by atoms with van der Waals surface area (Å²) in [4.78, 5) is 2.24. The van der Waals surface area contributed by atoms with Crippen molar-refractivity contribution in [3.8, 4) is 0 Å². The zero-order valence-corrected chi connectivity index (χ0v) is 16.3. The van der Waals surface area contributed by atoms with Crippen LogP contribution in [0.4, 0.5) is 0 Å². The molecule has 0 aliphatic carbocycles. The van der Waals surface area contributed by atoms with Gasteiger partial charge in [0.15, 0.2) is 0 Å². The van der Waals surface area contributed by atoms with E-state index in [9.17, 15) is 8.42 Å². The molecule has 0 saturated heterocycles. The number of nitrogens with zero attached hydrogens (tertiary/aromatic N) is 1. The Labute approximate surface area is 143 Å². The lowest BCUT2D eigenvalue weighted by molar-refractivity contribution is 0.162. The molecule has 0 aliphatic rings. The number of benzene rings is 1. The Morgan fingerprint density at radius 2 is 1.90 bits per heavy atom. The first-order valence-electron chi connectivity index (χ1n) is 6.40. The van der Waals surface area contributed by atoms with Gasteiger partial charge in [0.2, 0.25) is 10.0 Å². The van der Waals surface area contributed by atoms with E-state index in [4.69, 9.17) is 4.74 Å². The molecule has 21 heavy (non-hydrogen) atoms. The highest BCUT2D eigenvalue weighted by atomic mass is 79.9. The van der Waals surface area contributed by atoms with Gasteiger partial charge in [0.05, 0.1) is 11.5 Å². The maximum Gasteiger partial charge on any atom is 0.241 e.